The predicted molar refractivity (Wildman–Crippen MR) is 70.5 cm³/mol. The molecule has 1 heterocycles. The lowest BCUT2D eigenvalue weighted by Gasteiger charge is -2.17. The Hall–Kier alpha value is -1.37. The summed E-state index contributed by atoms with van der Waals surface area (Å²) < 4.78 is 5.19. The molecule has 0 bridgehead atoms. The lowest BCUT2D eigenvalue weighted by Crippen LogP contribution is -2.30. The van der Waals surface area contributed by atoms with E-state index in [4.69, 9.17) is 22.2 Å². The Morgan fingerprint density at radius 1 is 1.67 bits per heavy atom. The number of pyridine rings is 1. The zero-order chi connectivity index (χ0) is 13.5. The van der Waals surface area contributed by atoms with Crippen LogP contribution in [0.15, 0.2) is 12.3 Å². The van der Waals surface area contributed by atoms with Crippen LogP contribution in [0.4, 0.5) is 5.82 Å². The SMILES string of the molecule is CCOCCN(C)C(=O)c1cnc(NN)c(Cl)c1. The lowest BCUT2D eigenvalue weighted by atomic mass is 10.2. The molecule has 0 aliphatic rings. The van der Waals surface area contributed by atoms with E-state index in [-0.39, 0.29) is 5.91 Å². The summed E-state index contributed by atoms with van der Waals surface area (Å²) >= 11 is 5.90. The maximum atomic E-state index is 12.0. The number of nitrogen functional groups attached to an aromatic ring is 1. The van der Waals surface area contributed by atoms with Gasteiger partial charge in [-0.15, -0.1) is 0 Å². The maximum Gasteiger partial charge on any atom is 0.255 e. The molecule has 7 heteroatoms. The largest absolute Gasteiger partial charge is 0.380 e. The average Bonchev–Trinajstić information content (AvgIpc) is 2.38. The van der Waals surface area contributed by atoms with Crippen LogP contribution in [-0.2, 0) is 4.74 Å². The van der Waals surface area contributed by atoms with Crippen LogP contribution in [-0.4, -0.2) is 42.6 Å². The average molecular weight is 273 g/mol. The fraction of sp³-hybridized carbons (Fsp3) is 0.455. The molecule has 0 saturated heterocycles. The molecule has 100 valence electrons. The van der Waals surface area contributed by atoms with Gasteiger partial charge in [-0.05, 0) is 13.0 Å². The Labute approximate surface area is 111 Å². The van der Waals surface area contributed by atoms with Crippen LogP contribution in [0.1, 0.15) is 17.3 Å². The highest BCUT2D eigenvalue weighted by molar-refractivity contribution is 6.33. The zero-order valence-corrected chi connectivity index (χ0v) is 11.2. The van der Waals surface area contributed by atoms with Gasteiger partial charge in [0.05, 0.1) is 17.2 Å². The van der Waals surface area contributed by atoms with Crippen molar-refractivity contribution in [1.82, 2.24) is 9.88 Å². The Balaban J connectivity index is 2.68. The molecule has 1 aromatic heterocycles. The topological polar surface area (TPSA) is 80.5 Å². The molecule has 6 nitrogen and oxygen atoms in total. The highest BCUT2D eigenvalue weighted by atomic mass is 35.5. The molecule has 0 aliphatic heterocycles. The van der Waals surface area contributed by atoms with Gasteiger partial charge in [-0.3, -0.25) is 4.79 Å². The van der Waals surface area contributed by atoms with Gasteiger partial charge in [0, 0.05) is 26.4 Å². The molecular formula is C11H17ClN4O2. The maximum absolute atomic E-state index is 12.0. The van der Waals surface area contributed by atoms with Crippen LogP contribution in [0, 0.1) is 0 Å². The number of aromatic nitrogens is 1. The predicted octanol–water partition coefficient (Wildman–Crippen LogP) is 1.13. The fourth-order valence-electron chi connectivity index (χ4n) is 1.33. The van der Waals surface area contributed by atoms with E-state index in [1.165, 1.54) is 12.3 Å². The normalized spacial score (nSPS) is 10.2. The molecule has 0 saturated carbocycles. The van der Waals surface area contributed by atoms with Crippen LogP contribution in [0.5, 0.6) is 0 Å². The van der Waals surface area contributed by atoms with Gasteiger partial charge in [0.25, 0.3) is 5.91 Å². The minimum atomic E-state index is -0.160. The number of nitrogens with two attached hydrogens (primary N) is 1. The highest BCUT2D eigenvalue weighted by Crippen LogP contribution is 2.19. The number of ether oxygens (including phenoxy) is 1. The van der Waals surface area contributed by atoms with Crippen molar-refractivity contribution in [1.29, 1.82) is 0 Å². The van der Waals surface area contributed by atoms with E-state index < -0.39 is 0 Å². The number of nitrogens with zero attached hydrogens (tertiary/aromatic N) is 2. The molecule has 0 unspecified atom stereocenters. The van der Waals surface area contributed by atoms with Crippen LogP contribution < -0.4 is 11.3 Å². The van der Waals surface area contributed by atoms with E-state index in [1.807, 2.05) is 6.92 Å². The summed E-state index contributed by atoms with van der Waals surface area (Å²) in [5.74, 6) is 5.39. The Kier molecular flexibility index (Phi) is 5.84. The van der Waals surface area contributed by atoms with Crippen LogP contribution in [0.25, 0.3) is 0 Å². The molecule has 0 fully saturated rings. The number of likely N-dealkylation sites (N-methyl/N-ethyl adjacent to an activating group) is 1. The van der Waals surface area contributed by atoms with Crippen molar-refractivity contribution in [3.8, 4) is 0 Å². The second-order valence-corrected chi connectivity index (χ2v) is 4.03. The molecule has 1 amide bonds. The molecule has 0 aromatic carbocycles. The van der Waals surface area contributed by atoms with Crippen LogP contribution in [0.2, 0.25) is 5.02 Å². The summed E-state index contributed by atoms with van der Waals surface area (Å²) in [4.78, 5) is 17.5. The standard InChI is InChI=1S/C11H17ClN4O2/c1-3-18-5-4-16(2)11(17)8-6-9(12)10(15-13)14-7-8/h6-7H,3-5,13H2,1-2H3,(H,14,15). The zero-order valence-electron chi connectivity index (χ0n) is 10.4. The van der Waals surface area contributed by atoms with E-state index in [0.29, 0.717) is 36.2 Å². The Morgan fingerprint density at radius 2 is 2.39 bits per heavy atom. The van der Waals surface area contributed by atoms with Gasteiger partial charge < -0.3 is 15.1 Å². The Morgan fingerprint density at radius 3 is 2.94 bits per heavy atom. The van der Waals surface area contributed by atoms with Gasteiger partial charge in [-0.2, -0.15) is 0 Å². The molecular weight excluding hydrogens is 256 g/mol. The first kappa shape index (κ1) is 14.7. The van der Waals surface area contributed by atoms with Crippen molar-refractivity contribution < 1.29 is 9.53 Å². The summed E-state index contributed by atoms with van der Waals surface area (Å²) in [6.07, 6.45) is 1.43. The van der Waals surface area contributed by atoms with Crippen LogP contribution >= 0.6 is 11.6 Å². The lowest BCUT2D eigenvalue weighted by molar-refractivity contribution is 0.0709. The molecule has 3 N–H and O–H groups in total. The van der Waals surface area contributed by atoms with Gasteiger partial charge >= 0.3 is 0 Å². The first-order valence-corrected chi connectivity index (χ1v) is 5.93. The fourth-order valence-corrected chi connectivity index (χ4v) is 1.55. The van der Waals surface area contributed by atoms with Crippen molar-refractivity contribution in [2.24, 2.45) is 5.84 Å². The number of anilines is 1. The number of hydrogen-bond donors (Lipinski definition) is 2. The first-order valence-electron chi connectivity index (χ1n) is 5.55. The molecule has 0 spiro atoms. The smallest absolute Gasteiger partial charge is 0.255 e. The van der Waals surface area contributed by atoms with Crippen molar-refractivity contribution in [3.05, 3.63) is 22.8 Å². The second-order valence-electron chi connectivity index (χ2n) is 3.62. The summed E-state index contributed by atoms with van der Waals surface area (Å²) in [5.41, 5.74) is 2.76. The number of hydrogen-bond acceptors (Lipinski definition) is 5. The summed E-state index contributed by atoms with van der Waals surface area (Å²) in [7, 11) is 1.70. The minimum absolute atomic E-state index is 0.160. The summed E-state index contributed by atoms with van der Waals surface area (Å²) in [6, 6.07) is 1.53. The third-order valence-corrected chi connectivity index (χ3v) is 2.63. The second kappa shape index (κ2) is 7.15. The third-order valence-electron chi connectivity index (χ3n) is 2.35. The number of nitrogens with one attached hydrogen (secondary N) is 1. The van der Waals surface area contributed by atoms with Crippen molar-refractivity contribution in [2.75, 3.05) is 32.2 Å². The molecule has 0 radical (unpaired) electrons. The molecule has 18 heavy (non-hydrogen) atoms. The van der Waals surface area contributed by atoms with Crippen molar-refractivity contribution >= 4 is 23.3 Å². The number of halogens is 1. The quantitative estimate of drug-likeness (QED) is 0.461. The minimum Gasteiger partial charge on any atom is -0.380 e. The van der Waals surface area contributed by atoms with Gasteiger partial charge in [0.1, 0.15) is 0 Å². The third kappa shape index (κ3) is 3.83. The van der Waals surface area contributed by atoms with E-state index in [9.17, 15) is 4.79 Å². The van der Waals surface area contributed by atoms with E-state index in [1.54, 1.807) is 11.9 Å². The van der Waals surface area contributed by atoms with Crippen LogP contribution in [0.3, 0.4) is 0 Å². The number of rotatable bonds is 6. The van der Waals surface area contributed by atoms with Crippen molar-refractivity contribution in [3.63, 3.8) is 0 Å². The summed E-state index contributed by atoms with van der Waals surface area (Å²) in [6.45, 7) is 3.56. The van der Waals surface area contributed by atoms with E-state index in [2.05, 4.69) is 10.4 Å². The number of carbonyl (C=O) groups excluding carboxylic acids is 1. The molecule has 0 aliphatic carbocycles. The van der Waals surface area contributed by atoms with Gasteiger partial charge in [0.2, 0.25) is 0 Å². The highest BCUT2D eigenvalue weighted by Gasteiger charge is 2.13. The monoisotopic (exact) mass is 272 g/mol. The number of carbonyl (C=O) groups is 1. The van der Waals surface area contributed by atoms with Gasteiger partial charge in [-0.25, -0.2) is 10.8 Å². The van der Waals surface area contributed by atoms with Gasteiger partial charge in [-0.1, -0.05) is 11.6 Å². The summed E-state index contributed by atoms with van der Waals surface area (Å²) in [5, 5.41) is 0.307. The van der Waals surface area contributed by atoms with E-state index in [0.717, 1.165) is 0 Å². The Bertz CT molecular complexity index is 414. The number of amides is 1. The van der Waals surface area contributed by atoms with Crippen molar-refractivity contribution in [2.45, 2.75) is 6.92 Å². The van der Waals surface area contributed by atoms with E-state index >= 15 is 0 Å². The number of hydrazine groups is 1. The first-order chi connectivity index (χ1) is 8.60. The molecule has 0 atom stereocenters. The molecule has 1 rings (SSSR count). The van der Waals surface area contributed by atoms with Gasteiger partial charge in [0.15, 0.2) is 5.82 Å². The molecule has 1 aromatic rings.